The van der Waals surface area contributed by atoms with Crippen molar-refractivity contribution in [2.75, 3.05) is 13.7 Å². The molecule has 5 heteroatoms. The highest BCUT2D eigenvalue weighted by molar-refractivity contribution is 5.36. The van der Waals surface area contributed by atoms with Crippen LogP contribution >= 0.6 is 0 Å². The minimum Gasteiger partial charge on any atom is -0.481 e. The molecule has 18 heavy (non-hydrogen) atoms. The van der Waals surface area contributed by atoms with Gasteiger partial charge in [0.25, 0.3) is 0 Å². The molecule has 1 aliphatic heterocycles. The predicted molar refractivity (Wildman–Crippen MR) is 69.6 cm³/mol. The largest absolute Gasteiger partial charge is 0.481 e. The zero-order valence-corrected chi connectivity index (χ0v) is 11.4. The average molecular weight is 250 g/mol. The van der Waals surface area contributed by atoms with E-state index in [-0.39, 0.29) is 12.1 Å². The molecule has 5 nitrogen and oxygen atoms in total. The molecule has 0 spiro atoms. The van der Waals surface area contributed by atoms with Gasteiger partial charge >= 0.3 is 0 Å². The Kier molecular flexibility index (Phi) is 2.83. The van der Waals surface area contributed by atoms with Gasteiger partial charge < -0.3 is 10.5 Å². The molecule has 0 aromatic carbocycles. The molecule has 1 saturated heterocycles. The summed E-state index contributed by atoms with van der Waals surface area (Å²) in [6.07, 6.45) is 3.69. The Morgan fingerprint density at radius 1 is 1.33 bits per heavy atom. The molecule has 2 unspecified atom stereocenters. The number of ether oxygens (including phenoxy) is 1. The first-order valence-electron chi connectivity index (χ1n) is 6.72. The van der Waals surface area contributed by atoms with Crippen molar-refractivity contribution in [3.63, 3.8) is 0 Å². The molecule has 2 aliphatic rings. The van der Waals surface area contributed by atoms with Gasteiger partial charge in [-0.15, -0.1) is 0 Å². The smallest absolute Gasteiger partial charge is 0.216 e. The van der Waals surface area contributed by atoms with Crippen molar-refractivity contribution < 1.29 is 4.74 Å². The van der Waals surface area contributed by atoms with Crippen LogP contribution in [0.1, 0.15) is 36.6 Å². The number of hydrogen-bond donors (Lipinski definition) is 1. The molecule has 3 rings (SSSR count). The lowest BCUT2D eigenvalue weighted by molar-refractivity contribution is 0.230. The average Bonchev–Trinajstić information content (AvgIpc) is 3.04. The number of rotatable bonds is 3. The lowest BCUT2D eigenvalue weighted by atomic mass is 10.0. The van der Waals surface area contributed by atoms with Crippen LogP contribution in [0.25, 0.3) is 0 Å². The second kappa shape index (κ2) is 4.24. The van der Waals surface area contributed by atoms with Gasteiger partial charge in [0.1, 0.15) is 0 Å². The van der Waals surface area contributed by atoms with Gasteiger partial charge in [-0.3, -0.25) is 4.90 Å². The number of nitrogens with two attached hydrogens (primary N) is 1. The van der Waals surface area contributed by atoms with Crippen molar-refractivity contribution in [1.29, 1.82) is 0 Å². The van der Waals surface area contributed by atoms with Crippen molar-refractivity contribution in [1.82, 2.24) is 14.7 Å². The van der Waals surface area contributed by atoms with Crippen molar-refractivity contribution in [2.24, 2.45) is 12.8 Å². The van der Waals surface area contributed by atoms with E-state index in [0.29, 0.717) is 0 Å². The van der Waals surface area contributed by atoms with Crippen LogP contribution < -0.4 is 10.5 Å². The highest BCUT2D eigenvalue weighted by atomic mass is 16.5. The van der Waals surface area contributed by atoms with Gasteiger partial charge in [0.2, 0.25) is 5.88 Å². The van der Waals surface area contributed by atoms with Gasteiger partial charge in [0.15, 0.2) is 0 Å². The van der Waals surface area contributed by atoms with E-state index in [1.54, 1.807) is 7.11 Å². The molecule has 1 aromatic rings. The summed E-state index contributed by atoms with van der Waals surface area (Å²) in [5.41, 5.74) is 8.57. The molecule has 1 aliphatic carbocycles. The topological polar surface area (TPSA) is 56.3 Å². The molecule has 0 bridgehead atoms. The number of aromatic nitrogens is 2. The summed E-state index contributed by atoms with van der Waals surface area (Å²) >= 11 is 0. The summed E-state index contributed by atoms with van der Waals surface area (Å²) in [7, 11) is 3.64. The first-order chi connectivity index (χ1) is 8.63. The normalized spacial score (nSPS) is 28.9. The van der Waals surface area contributed by atoms with Crippen LogP contribution in [0.5, 0.6) is 5.88 Å². The second-order valence-electron chi connectivity index (χ2n) is 5.50. The summed E-state index contributed by atoms with van der Waals surface area (Å²) < 4.78 is 7.34. The fraction of sp³-hybridized carbons (Fsp3) is 0.769. The maximum Gasteiger partial charge on any atom is 0.216 e. The second-order valence-corrected chi connectivity index (χ2v) is 5.50. The van der Waals surface area contributed by atoms with E-state index in [1.807, 2.05) is 18.7 Å². The monoisotopic (exact) mass is 250 g/mol. The van der Waals surface area contributed by atoms with E-state index >= 15 is 0 Å². The number of nitrogens with zero attached hydrogens (tertiary/aromatic N) is 3. The summed E-state index contributed by atoms with van der Waals surface area (Å²) in [5.74, 6) is 0.862. The Labute approximate surface area is 108 Å². The van der Waals surface area contributed by atoms with E-state index < -0.39 is 0 Å². The van der Waals surface area contributed by atoms with E-state index in [4.69, 9.17) is 10.5 Å². The molecule has 2 heterocycles. The van der Waals surface area contributed by atoms with Crippen LogP contribution in [0.2, 0.25) is 0 Å². The van der Waals surface area contributed by atoms with Gasteiger partial charge in [-0.05, 0) is 26.2 Å². The van der Waals surface area contributed by atoms with E-state index in [9.17, 15) is 0 Å². The first kappa shape index (κ1) is 12.0. The minimum absolute atomic E-state index is 0.197. The molecule has 0 radical (unpaired) electrons. The van der Waals surface area contributed by atoms with Gasteiger partial charge in [0, 0.05) is 25.7 Å². The van der Waals surface area contributed by atoms with Crippen molar-refractivity contribution in [2.45, 2.75) is 44.3 Å². The Morgan fingerprint density at radius 3 is 2.67 bits per heavy atom. The van der Waals surface area contributed by atoms with Gasteiger partial charge in [-0.25, -0.2) is 4.68 Å². The molecule has 1 saturated carbocycles. The summed E-state index contributed by atoms with van der Waals surface area (Å²) in [4.78, 5) is 2.55. The Hall–Kier alpha value is -1.07. The highest BCUT2D eigenvalue weighted by Gasteiger charge is 2.44. The molecule has 2 atom stereocenters. The zero-order chi connectivity index (χ0) is 12.9. The molecule has 2 N–H and O–H groups in total. The van der Waals surface area contributed by atoms with E-state index in [0.717, 1.165) is 30.6 Å². The Balaban J connectivity index is 2.01. The first-order valence-corrected chi connectivity index (χ1v) is 6.72. The maximum absolute atomic E-state index is 6.33. The van der Waals surface area contributed by atoms with Crippen LogP contribution in [-0.4, -0.2) is 40.4 Å². The summed E-state index contributed by atoms with van der Waals surface area (Å²) in [6.45, 7) is 3.15. The molecule has 1 aromatic heterocycles. The molecular formula is C13H22N4O. The van der Waals surface area contributed by atoms with Crippen molar-refractivity contribution in [3.05, 3.63) is 11.3 Å². The van der Waals surface area contributed by atoms with Crippen LogP contribution in [0.15, 0.2) is 0 Å². The third-order valence-electron chi connectivity index (χ3n) is 4.20. The zero-order valence-electron chi connectivity index (χ0n) is 11.4. The summed E-state index contributed by atoms with van der Waals surface area (Å²) in [5, 5.41) is 4.48. The molecule has 2 fully saturated rings. The van der Waals surface area contributed by atoms with Crippen LogP contribution in [0.4, 0.5) is 0 Å². The third-order valence-corrected chi connectivity index (χ3v) is 4.20. The minimum atomic E-state index is 0.197. The fourth-order valence-electron chi connectivity index (χ4n) is 3.27. The molecule has 100 valence electrons. The predicted octanol–water partition coefficient (Wildman–Crippen LogP) is 0.974. The fourth-order valence-corrected chi connectivity index (χ4v) is 3.27. The quantitative estimate of drug-likeness (QED) is 0.868. The molecular weight excluding hydrogens is 228 g/mol. The van der Waals surface area contributed by atoms with Crippen molar-refractivity contribution >= 4 is 0 Å². The molecule has 0 amide bonds. The van der Waals surface area contributed by atoms with Gasteiger partial charge in [-0.2, -0.15) is 5.10 Å². The van der Waals surface area contributed by atoms with Crippen LogP contribution in [0, 0.1) is 6.92 Å². The third kappa shape index (κ3) is 1.73. The SMILES string of the molecule is COc1c(C2C(N)CCN2C2CC2)c(C)nn1C. The lowest BCUT2D eigenvalue weighted by Gasteiger charge is -2.27. The number of aryl methyl sites for hydroxylation is 2. The van der Waals surface area contributed by atoms with Gasteiger partial charge in [0.05, 0.1) is 24.4 Å². The standard InChI is InChI=1S/C13H22N4O/c1-8-11(13(18-3)16(2)15-8)12-10(14)6-7-17(12)9-4-5-9/h9-10,12H,4-7,14H2,1-3H3. The number of hydrogen-bond acceptors (Lipinski definition) is 4. The van der Waals surface area contributed by atoms with E-state index in [1.165, 1.54) is 18.4 Å². The Bertz CT molecular complexity index is 452. The van der Waals surface area contributed by atoms with Gasteiger partial charge in [-0.1, -0.05) is 0 Å². The maximum atomic E-state index is 6.33. The lowest BCUT2D eigenvalue weighted by Crippen LogP contribution is -2.33. The highest BCUT2D eigenvalue weighted by Crippen LogP contribution is 2.43. The van der Waals surface area contributed by atoms with Crippen molar-refractivity contribution in [3.8, 4) is 5.88 Å². The number of methoxy groups -OCH3 is 1. The van der Waals surface area contributed by atoms with Crippen LogP contribution in [-0.2, 0) is 7.05 Å². The number of likely N-dealkylation sites (tertiary alicyclic amines) is 1. The Morgan fingerprint density at radius 2 is 2.06 bits per heavy atom. The van der Waals surface area contributed by atoms with E-state index in [2.05, 4.69) is 10.00 Å². The summed E-state index contributed by atoms with van der Waals surface area (Å²) in [6, 6.07) is 1.21. The van der Waals surface area contributed by atoms with Crippen LogP contribution in [0.3, 0.4) is 0 Å².